The van der Waals surface area contributed by atoms with E-state index in [-0.39, 0.29) is 5.97 Å². The van der Waals surface area contributed by atoms with Crippen LogP contribution in [-0.2, 0) is 9.53 Å². The number of carbonyl (C=O) groups excluding carboxylic acids is 1. The number of nitrogens with zero attached hydrogens (tertiary/aromatic N) is 1. The number of hydrogen-bond acceptors (Lipinski definition) is 5. The fourth-order valence-electron chi connectivity index (χ4n) is 1.58. The summed E-state index contributed by atoms with van der Waals surface area (Å²) >= 11 is 0. The number of hydrogen-bond donors (Lipinski definition) is 1. The van der Waals surface area contributed by atoms with Gasteiger partial charge in [-0.1, -0.05) is 0 Å². The van der Waals surface area contributed by atoms with Crippen LogP contribution in [0.3, 0.4) is 0 Å². The van der Waals surface area contributed by atoms with Gasteiger partial charge in [-0.3, -0.25) is 4.79 Å². The second-order valence-corrected chi connectivity index (χ2v) is 4.78. The van der Waals surface area contributed by atoms with Crippen molar-refractivity contribution in [2.45, 2.75) is 12.8 Å². The molecular weight excluding hydrogens is 256 g/mol. The van der Waals surface area contributed by atoms with E-state index in [2.05, 4.69) is 15.0 Å². The highest BCUT2D eigenvalue weighted by molar-refractivity contribution is 5.69. The molecule has 0 fully saturated rings. The second kappa shape index (κ2) is 9.20. The van der Waals surface area contributed by atoms with Crippen molar-refractivity contribution >= 4 is 11.7 Å². The van der Waals surface area contributed by atoms with Crippen LogP contribution in [0, 0.1) is 0 Å². The lowest BCUT2D eigenvalue weighted by molar-refractivity contribution is -0.140. The molecule has 0 aromatic heterocycles. The first-order chi connectivity index (χ1) is 9.61. The minimum absolute atomic E-state index is 0.170. The van der Waals surface area contributed by atoms with Crippen LogP contribution in [0.5, 0.6) is 5.75 Å². The Morgan fingerprint density at radius 1 is 1.25 bits per heavy atom. The first kappa shape index (κ1) is 16.3. The molecule has 0 bridgehead atoms. The van der Waals surface area contributed by atoms with Crippen molar-refractivity contribution in [3.8, 4) is 5.75 Å². The molecule has 0 heterocycles. The Balaban J connectivity index is 2.23. The summed E-state index contributed by atoms with van der Waals surface area (Å²) in [5.41, 5.74) is 1.02. The lowest BCUT2D eigenvalue weighted by Gasteiger charge is -2.11. The molecule has 0 saturated carbocycles. The Labute approximate surface area is 120 Å². The molecule has 112 valence electrons. The zero-order valence-electron chi connectivity index (χ0n) is 12.5. The molecule has 20 heavy (non-hydrogen) atoms. The Bertz CT molecular complexity index is 391. The quantitative estimate of drug-likeness (QED) is 0.554. The van der Waals surface area contributed by atoms with E-state index in [1.165, 1.54) is 7.11 Å². The van der Waals surface area contributed by atoms with E-state index in [1.807, 2.05) is 38.4 Å². The highest BCUT2D eigenvalue weighted by Crippen LogP contribution is 2.15. The van der Waals surface area contributed by atoms with Crippen LogP contribution < -0.4 is 10.1 Å². The molecule has 1 N–H and O–H groups in total. The maximum atomic E-state index is 10.9. The normalized spacial score (nSPS) is 10.4. The van der Waals surface area contributed by atoms with Crippen LogP contribution >= 0.6 is 0 Å². The fraction of sp³-hybridized carbons (Fsp3) is 0.533. The van der Waals surface area contributed by atoms with Gasteiger partial charge in [-0.2, -0.15) is 0 Å². The van der Waals surface area contributed by atoms with Crippen molar-refractivity contribution in [2.75, 3.05) is 46.2 Å². The minimum Gasteiger partial charge on any atom is -0.492 e. The number of rotatable bonds is 9. The molecule has 0 saturated heterocycles. The Morgan fingerprint density at radius 2 is 1.95 bits per heavy atom. The van der Waals surface area contributed by atoms with Crippen molar-refractivity contribution in [3.63, 3.8) is 0 Å². The molecule has 0 spiro atoms. The summed E-state index contributed by atoms with van der Waals surface area (Å²) in [5.74, 6) is 0.698. The third-order valence-electron chi connectivity index (χ3n) is 2.78. The van der Waals surface area contributed by atoms with Crippen molar-refractivity contribution in [1.82, 2.24) is 4.90 Å². The van der Waals surface area contributed by atoms with Crippen molar-refractivity contribution < 1.29 is 14.3 Å². The summed E-state index contributed by atoms with van der Waals surface area (Å²) in [7, 11) is 5.44. The van der Waals surface area contributed by atoms with Crippen LogP contribution in [0.25, 0.3) is 0 Å². The van der Waals surface area contributed by atoms with E-state index in [9.17, 15) is 4.79 Å². The smallest absolute Gasteiger partial charge is 0.305 e. The van der Waals surface area contributed by atoms with Crippen LogP contribution in [0.4, 0.5) is 5.69 Å². The predicted molar refractivity (Wildman–Crippen MR) is 80.2 cm³/mol. The van der Waals surface area contributed by atoms with Gasteiger partial charge in [-0.25, -0.2) is 0 Å². The standard InChI is InChI=1S/C15H24N2O3/c1-17(2)11-12-20-14-8-6-13(7-9-14)16-10-4-5-15(18)19-3/h6-9,16H,4-5,10-12H2,1-3H3. The van der Waals surface area contributed by atoms with E-state index >= 15 is 0 Å². The van der Waals surface area contributed by atoms with Gasteiger partial charge in [-0.05, 0) is 44.8 Å². The number of ether oxygens (including phenoxy) is 2. The summed E-state index contributed by atoms with van der Waals surface area (Å²) < 4.78 is 10.2. The maximum absolute atomic E-state index is 10.9. The van der Waals surface area contributed by atoms with Crippen LogP contribution in [0.1, 0.15) is 12.8 Å². The number of anilines is 1. The summed E-state index contributed by atoms with van der Waals surface area (Å²) in [6, 6.07) is 7.84. The largest absolute Gasteiger partial charge is 0.492 e. The maximum Gasteiger partial charge on any atom is 0.305 e. The average Bonchev–Trinajstić information content (AvgIpc) is 2.44. The van der Waals surface area contributed by atoms with Gasteiger partial charge in [0.25, 0.3) is 0 Å². The fourth-order valence-corrected chi connectivity index (χ4v) is 1.58. The predicted octanol–water partition coefficient (Wildman–Crippen LogP) is 1.99. The van der Waals surface area contributed by atoms with Gasteiger partial charge in [0, 0.05) is 25.2 Å². The number of benzene rings is 1. The SMILES string of the molecule is COC(=O)CCCNc1ccc(OCCN(C)C)cc1. The average molecular weight is 280 g/mol. The third kappa shape index (κ3) is 6.99. The number of esters is 1. The Kier molecular flexibility index (Phi) is 7.50. The first-order valence-electron chi connectivity index (χ1n) is 6.80. The van der Waals surface area contributed by atoms with Gasteiger partial charge >= 0.3 is 5.97 Å². The monoisotopic (exact) mass is 280 g/mol. The third-order valence-corrected chi connectivity index (χ3v) is 2.78. The van der Waals surface area contributed by atoms with Gasteiger partial charge in [0.2, 0.25) is 0 Å². The number of methoxy groups -OCH3 is 1. The summed E-state index contributed by atoms with van der Waals surface area (Å²) in [4.78, 5) is 13.0. The van der Waals surface area contributed by atoms with E-state index in [0.29, 0.717) is 13.0 Å². The van der Waals surface area contributed by atoms with Crippen molar-refractivity contribution in [1.29, 1.82) is 0 Å². The van der Waals surface area contributed by atoms with Gasteiger partial charge in [0.05, 0.1) is 7.11 Å². The minimum atomic E-state index is -0.170. The topological polar surface area (TPSA) is 50.8 Å². The van der Waals surface area contributed by atoms with E-state index in [1.54, 1.807) is 0 Å². The first-order valence-corrected chi connectivity index (χ1v) is 6.80. The van der Waals surface area contributed by atoms with Gasteiger partial charge in [-0.15, -0.1) is 0 Å². The summed E-state index contributed by atoms with van der Waals surface area (Å²) in [5, 5.41) is 3.25. The molecule has 0 aliphatic carbocycles. The molecular formula is C15H24N2O3. The van der Waals surface area contributed by atoms with Crippen LogP contribution in [-0.4, -0.2) is 51.8 Å². The molecule has 0 aliphatic heterocycles. The Hall–Kier alpha value is -1.75. The lowest BCUT2D eigenvalue weighted by Crippen LogP contribution is -2.19. The second-order valence-electron chi connectivity index (χ2n) is 4.78. The lowest BCUT2D eigenvalue weighted by atomic mass is 10.2. The Morgan fingerprint density at radius 3 is 2.55 bits per heavy atom. The molecule has 0 unspecified atom stereocenters. The number of nitrogens with one attached hydrogen (secondary N) is 1. The summed E-state index contributed by atoms with van der Waals surface area (Å²) in [6.45, 7) is 2.32. The van der Waals surface area contributed by atoms with Gasteiger partial charge in [0.1, 0.15) is 12.4 Å². The zero-order chi connectivity index (χ0) is 14.8. The molecule has 0 amide bonds. The molecule has 1 rings (SSSR count). The van der Waals surface area contributed by atoms with E-state index < -0.39 is 0 Å². The molecule has 5 nitrogen and oxygen atoms in total. The van der Waals surface area contributed by atoms with Crippen LogP contribution in [0.2, 0.25) is 0 Å². The highest BCUT2D eigenvalue weighted by atomic mass is 16.5. The number of carbonyl (C=O) groups is 1. The molecule has 1 aromatic carbocycles. The molecule has 5 heteroatoms. The van der Waals surface area contributed by atoms with E-state index in [0.717, 1.165) is 30.9 Å². The van der Waals surface area contributed by atoms with Gasteiger partial charge in [0.15, 0.2) is 0 Å². The van der Waals surface area contributed by atoms with E-state index in [4.69, 9.17) is 4.74 Å². The van der Waals surface area contributed by atoms with Crippen molar-refractivity contribution in [2.24, 2.45) is 0 Å². The van der Waals surface area contributed by atoms with Crippen LogP contribution in [0.15, 0.2) is 24.3 Å². The molecule has 0 radical (unpaired) electrons. The summed E-state index contributed by atoms with van der Waals surface area (Å²) in [6.07, 6.45) is 1.20. The van der Waals surface area contributed by atoms with Crippen molar-refractivity contribution in [3.05, 3.63) is 24.3 Å². The molecule has 1 aromatic rings. The molecule has 0 atom stereocenters. The number of likely N-dealkylation sites (N-methyl/N-ethyl adjacent to an activating group) is 1. The highest BCUT2D eigenvalue weighted by Gasteiger charge is 2.00. The van der Waals surface area contributed by atoms with Gasteiger partial charge < -0.3 is 19.7 Å². The zero-order valence-corrected chi connectivity index (χ0v) is 12.5. The molecule has 0 aliphatic rings.